The summed E-state index contributed by atoms with van der Waals surface area (Å²) in [6.45, 7) is 5.95. The van der Waals surface area contributed by atoms with Crippen LogP contribution in [0.25, 0.3) is 16.6 Å². The monoisotopic (exact) mass is 490 g/mol. The molecule has 0 aliphatic rings. The third-order valence-electron chi connectivity index (χ3n) is 5.56. The molecule has 178 valence electrons. The quantitative estimate of drug-likeness (QED) is 0.341. The smallest absolute Gasteiger partial charge is 0.286 e. The number of allylic oxidation sites excluding steroid dienone is 2. The molecule has 4 rings (SSSR count). The molecule has 3 aromatic heterocycles. The van der Waals surface area contributed by atoms with E-state index >= 15 is 0 Å². The highest BCUT2D eigenvalue weighted by molar-refractivity contribution is 6.31. The number of para-hydroxylation sites is 1. The number of aryl methyl sites for hydroxylation is 1. The fourth-order valence-corrected chi connectivity index (χ4v) is 4.11. The largest absolute Gasteiger partial charge is 0.487 e. The summed E-state index contributed by atoms with van der Waals surface area (Å²) < 4.78 is 21.2. The first-order chi connectivity index (χ1) is 16.9. The van der Waals surface area contributed by atoms with Crippen molar-refractivity contribution in [2.45, 2.75) is 20.1 Å². The number of rotatable bonds is 8. The van der Waals surface area contributed by atoms with Gasteiger partial charge < -0.3 is 14.6 Å². The second-order valence-electron chi connectivity index (χ2n) is 7.87. The first-order valence-electron chi connectivity index (χ1n) is 10.9. The van der Waals surface area contributed by atoms with Gasteiger partial charge in [-0.15, -0.1) is 0 Å². The van der Waals surface area contributed by atoms with Crippen molar-refractivity contribution >= 4 is 28.2 Å². The van der Waals surface area contributed by atoms with Crippen LogP contribution >= 0.6 is 11.6 Å². The number of nitrogens with zero attached hydrogens (tertiary/aromatic N) is 3. The number of hydrogen-bond acceptors (Lipinski definition) is 5. The van der Waals surface area contributed by atoms with Crippen LogP contribution in [-0.4, -0.2) is 21.6 Å². The minimum absolute atomic E-state index is 0.109. The Hall–Kier alpha value is -3.97. The summed E-state index contributed by atoms with van der Waals surface area (Å²) in [6, 6.07) is 10.4. The summed E-state index contributed by atoms with van der Waals surface area (Å²) in [4.78, 5) is 21.0. The van der Waals surface area contributed by atoms with Crippen LogP contribution in [0, 0.1) is 12.7 Å². The molecule has 0 unspecified atom stereocenters. The van der Waals surface area contributed by atoms with Crippen LogP contribution in [0.2, 0.25) is 5.02 Å². The molecule has 1 N–H and O–H groups in total. The summed E-state index contributed by atoms with van der Waals surface area (Å²) in [5.74, 6) is -0.233. The van der Waals surface area contributed by atoms with E-state index in [1.54, 1.807) is 12.3 Å². The molecule has 0 fully saturated rings. The standard InChI is InChI=1S/C27H24ClFN4O2/c1-4-7-24(30-3)20-12-17(2)32-26-19(20)8-5-10-25(26)35-16-21-18(13-31-14-22(21)28)15-33-11-6-9-23(29)27(33)34/h4-14,30H,1,15-16H2,2-3H3/b24-7-. The Labute approximate surface area is 207 Å². The lowest BCUT2D eigenvalue weighted by molar-refractivity contribution is 0.307. The van der Waals surface area contributed by atoms with Crippen molar-refractivity contribution in [3.8, 4) is 5.75 Å². The summed E-state index contributed by atoms with van der Waals surface area (Å²) in [5, 5.41) is 4.52. The fraction of sp³-hybridized carbons (Fsp3) is 0.148. The van der Waals surface area contributed by atoms with E-state index in [0.717, 1.165) is 28.4 Å². The van der Waals surface area contributed by atoms with Crippen molar-refractivity contribution in [3.05, 3.63) is 117 Å². The Kier molecular flexibility index (Phi) is 7.27. The lowest BCUT2D eigenvalue weighted by Crippen LogP contribution is -2.23. The number of nitrogens with one attached hydrogen (secondary N) is 1. The molecule has 0 radical (unpaired) electrons. The van der Waals surface area contributed by atoms with Gasteiger partial charge in [0, 0.05) is 53.5 Å². The van der Waals surface area contributed by atoms with Gasteiger partial charge >= 0.3 is 0 Å². The van der Waals surface area contributed by atoms with E-state index in [4.69, 9.17) is 21.3 Å². The minimum atomic E-state index is -0.820. The molecule has 6 nitrogen and oxygen atoms in total. The van der Waals surface area contributed by atoms with E-state index in [2.05, 4.69) is 16.9 Å². The predicted octanol–water partition coefficient (Wildman–Crippen LogP) is 5.27. The highest BCUT2D eigenvalue weighted by Crippen LogP contribution is 2.31. The maximum Gasteiger partial charge on any atom is 0.286 e. The molecule has 0 atom stereocenters. The number of benzene rings is 1. The van der Waals surface area contributed by atoms with Gasteiger partial charge in [-0.3, -0.25) is 9.78 Å². The molecule has 35 heavy (non-hydrogen) atoms. The average Bonchev–Trinajstić information content (AvgIpc) is 2.84. The number of hydrogen-bond donors (Lipinski definition) is 1. The van der Waals surface area contributed by atoms with Gasteiger partial charge in [0.05, 0.1) is 11.6 Å². The molecule has 0 aliphatic heterocycles. The molecule has 0 saturated heterocycles. The zero-order valence-electron chi connectivity index (χ0n) is 19.4. The fourth-order valence-electron chi connectivity index (χ4n) is 3.88. The lowest BCUT2D eigenvalue weighted by atomic mass is 10.0. The Morgan fingerprint density at radius 3 is 2.89 bits per heavy atom. The number of pyridine rings is 3. The van der Waals surface area contributed by atoms with Crippen LogP contribution < -0.4 is 15.6 Å². The molecule has 4 aromatic rings. The van der Waals surface area contributed by atoms with Crippen LogP contribution in [0.4, 0.5) is 4.39 Å². The molecule has 0 spiro atoms. The molecule has 0 aliphatic carbocycles. The van der Waals surface area contributed by atoms with Crippen molar-refractivity contribution in [2.75, 3.05) is 7.05 Å². The molecular formula is C27H24ClFN4O2. The first kappa shape index (κ1) is 24.2. The molecule has 0 amide bonds. The number of ether oxygens (including phenoxy) is 1. The van der Waals surface area contributed by atoms with Gasteiger partial charge in [-0.05, 0) is 42.8 Å². The van der Waals surface area contributed by atoms with Crippen LogP contribution in [0.1, 0.15) is 22.4 Å². The third kappa shape index (κ3) is 5.10. The Morgan fingerprint density at radius 1 is 1.29 bits per heavy atom. The second kappa shape index (κ2) is 10.5. The molecule has 8 heteroatoms. The number of halogens is 2. The Balaban J connectivity index is 1.71. The van der Waals surface area contributed by atoms with Crippen LogP contribution in [-0.2, 0) is 13.2 Å². The van der Waals surface area contributed by atoms with Crippen molar-refractivity contribution in [1.82, 2.24) is 19.9 Å². The van der Waals surface area contributed by atoms with Crippen LogP contribution in [0.3, 0.4) is 0 Å². The van der Waals surface area contributed by atoms with Crippen molar-refractivity contribution < 1.29 is 9.13 Å². The molecular weight excluding hydrogens is 467 g/mol. The highest BCUT2D eigenvalue weighted by atomic mass is 35.5. The van der Waals surface area contributed by atoms with Gasteiger partial charge in [-0.2, -0.15) is 0 Å². The van der Waals surface area contributed by atoms with E-state index in [9.17, 15) is 9.18 Å². The van der Waals surface area contributed by atoms with Crippen molar-refractivity contribution in [1.29, 1.82) is 0 Å². The van der Waals surface area contributed by atoms with Gasteiger partial charge in [0.1, 0.15) is 17.9 Å². The summed E-state index contributed by atoms with van der Waals surface area (Å²) in [6.07, 6.45) is 8.27. The van der Waals surface area contributed by atoms with E-state index in [1.807, 2.05) is 44.3 Å². The number of aromatic nitrogens is 3. The van der Waals surface area contributed by atoms with Crippen LogP contribution in [0.5, 0.6) is 5.75 Å². The molecule has 0 saturated carbocycles. The zero-order valence-corrected chi connectivity index (χ0v) is 20.1. The molecule has 0 bridgehead atoms. The first-order valence-corrected chi connectivity index (χ1v) is 11.3. The van der Waals surface area contributed by atoms with E-state index in [-0.39, 0.29) is 13.2 Å². The van der Waals surface area contributed by atoms with Crippen molar-refractivity contribution in [2.24, 2.45) is 0 Å². The summed E-state index contributed by atoms with van der Waals surface area (Å²) in [7, 11) is 1.86. The molecule has 1 aromatic carbocycles. The maximum absolute atomic E-state index is 13.8. The van der Waals surface area contributed by atoms with Crippen LogP contribution in [0.15, 0.2) is 78.5 Å². The minimum Gasteiger partial charge on any atom is -0.487 e. The van der Waals surface area contributed by atoms with E-state index in [0.29, 0.717) is 27.4 Å². The predicted molar refractivity (Wildman–Crippen MR) is 137 cm³/mol. The van der Waals surface area contributed by atoms with Crippen molar-refractivity contribution in [3.63, 3.8) is 0 Å². The molecule has 3 heterocycles. The van der Waals surface area contributed by atoms with E-state index < -0.39 is 11.4 Å². The van der Waals surface area contributed by atoms with Gasteiger partial charge in [0.2, 0.25) is 0 Å². The SMILES string of the molecule is C=C/C=C(\NC)c1cc(C)nc2c(OCc3c(Cl)cncc3Cn3cccc(F)c3=O)cccc12. The van der Waals surface area contributed by atoms with Gasteiger partial charge in [0.15, 0.2) is 5.82 Å². The lowest BCUT2D eigenvalue weighted by Gasteiger charge is -2.16. The third-order valence-corrected chi connectivity index (χ3v) is 5.88. The van der Waals surface area contributed by atoms with Gasteiger partial charge in [-0.25, -0.2) is 9.37 Å². The average molecular weight is 491 g/mol. The van der Waals surface area contributed by atoms with E-state index in [1.165, 1.54) is 23.0 Å². The zero-order chi connectivity index (χ0) is 24.9. The summed E-state index contributed by atoms with van der Waals surface area (Å²) >= 11 is 6.45. The maximum atomic E-state index is 13.8. The normalized spacial score (nSPS) is 11.5. The second-order valence-corrected chi connectivity index (χ2v) is 8.27. The van der Waals surface area contributed by atoms with Gasteiger partial charge in [-0.1, -0.05) is 36.4 Å². The summed E-state index contributed by atoms with van der Waals surface area (Å²) in [5.41, 5.74) is 4.03. The number of fused-ring (bicyclic) bond motifs is 1. The topological polar surface area (TPSA) is 69.0 Å². The van der Waals surface area contributed by atoms with Gasteiger partial charge in [0.25, 0.3) is 5.56 Å². The Morgan fingerprint density at radius 2 is 2.11 bits per heavy atom. The Bertz CT molecular complexity index is 1500. The highest BCUT2D eigenvalue weighted by Gasteiger charge is 2.15.